The van der Waals surface area contributed by atoms with E-state index in [1.54, 1.807) is 24.3 Å². The first-order chi connectivity index (χ1) is 16.4. The summed E-state index contributed by atoms with van der Waals surface area (Å²) in [6, 6.07) is 19.7. The first-order valence-electron chi connectivity index (χ1n) is 10.9. The molecule has 1 unspecified atom stereocenters. The highest BCUT2D eigenvalue weighted by Crippen LogP contribution is 2.32. The van der Waals surface area contributed by atoms with E-state index in [0.29, 0.717) is 23.9 Å². The topological polar surface area (TPSA) is 103 Å². The summed E-state index contributed by atoms with van der Waals surface area (Å²) >= 11 is 0. The average Bonchev–Trinajstić information content (AvgIpc) is 3.31. The number of ether oxygens (including phenoxy) is 3. The van der Waals surface area contributed by atoms with Crippen molar-refractivity contribution >= 4 is 15.9 Å². The van der Waals surface area contributed by atoms with Gasteiger partial charge < -0.3 is 19.5 Å². The highest BCUT2D eigenvalue weighted by molar-refractivity contribution is 7.89. The summed E-state index contributed by atoms with van der Waals surface area (Å²) in [7, 11) is -3.95. The predicted molar refractivity (Wildman–Crippen MR) is 126 cm³/mol. The molecule has 0 bridgehead atoms. The molecule has 0 radical (unpaired) electrons. The van der Waals surface area contributed by atoms with Crippen molar-refractivity contribution in [2.24, 2.45) is 0 Å². The van der Waals surface area contributed by atoms with Gasteiger partial charge in [-0.2, -0.15) is 4.72 Å². The van der Waals surface area contributed by atoms with Gasteiger partial charge in [-0.05, 0) is 60.9 Å². The van der Waals surface area contributed by atoms with E-state index in [0.717, 1.165) is 11.1 Å². The van der Waals surface area contributed by atoms with Crippen molar-refractivity contribution in [2.45, 2.75) is 30.8 Å². The van der Waals surface area contributed by atoms with Crippen LogP contribution in [-0.4, -0.2) is 33.8 Å². The van der Waals surface area contributed by atoms with Gasteiger partial charge in [0.2, 0.25) is 22.7 Å². The molecule has 0 saturated heterocycles. The molecule has 1 atom stereocenters. The summed E-state index contributed by atoms with van der Waals surface area (Å²) in [5.41, 5.74) is 1.64. The SMILES string of the molecule is CCOc1ccc(S(=O)(=O)NC(Cc2ccccc2)C(=O)NCc2ccc3c(c2)OCO3)cc1. The fraction of sp³-hybridized carbons (Fsp3) is 0.240. The number of carbonyl (C=O) groups excluding carboxylic acids is 1. The molecular weight excluding hydrogens is 456 g/mol. The number of nitrogens with one attached hydrogen (secondary N) is 2. The molecule has 0 aromatic heterocycles. The van der Waals surface area contributed by atoms with Crippen LogP contribution >= 0.6 is 0 Å². The normalized spacial score (nSPS) is 13.3. The highest BCUT2D eigenvalue weighted by atomic mass is 32.2. The minimum Gasteiger partial charge on any atom is -0.494 e. The Hall–Kier alpha value is -3.56. The van der Waals surface area contributed by atoms with Gasteiger partial charge in [0.15, 0.2) is 11.5 Å². The Morgan fingerprint density at radius 2 is 1.71 bits per heavy atom. The zero-order valence-electron chi connectivity index (χ0n) is 18.7. The van der Waals surface area contributed by atoms with Crippen molar-refractivity contribution in [1.82, 2.24) is 10.0 Å². The van der Waals surface area contributed by atoms with E-state index in [4.69, 9.17) is 14.2 Å². The lowest BCUT2D eigenvalue weighted by Crippen LogP contribution is -2.47. The molecular formula is C25H26N2O6S. The maximum atomic E-state index is 13.1. The number of carbonyl (C=O) groups is 1. The maximum Gasteiger partial charge on any atom is 0.241 e. The lowest BCUT2D eigenvalue weighted by atomic mass is 10.1. The van der Waals surface area contributed by atoms with Crippen molar-refractivity contribution in [3.8, 4) is 17.2 Å². The molecule has 3 aromatic rings. The van der Waals surface area contributed by atoms with Crippen LogP contribution in [0.3, 0.4) is 0 Å². The van der Waals surface area contributed by atoms with E-state index in [9.17, 15) is 13.2 Å². The molecule has 3 aromatic carbocycles. The number of benzene rings is 3. The average molecular weight is 483 g/mol. The minimum atomic E-state index is -3.95. The van der Waals surface area contributed by atoms with Gasteiger partial charge in [0.1, 0.15) is 11.8 Å². The highest BCUT2D eigenvalue weighted by Gasteiger charge is 2.26. The summed E-state index contributed by atoms with van der Waals surface area (Å²) in [4.78, 5) is 13.1. The molecule has 0 spiro atoms. The molecule has 8 nitrogen and oxygen atoms in total. The maximum absolute atomic E-state index is 13.1. The second kappa shape index (κ2) is 10.6. The number of hydrogen-bond donors (Lipinski definition) is 2. The van der Waals surface area contributed by atoms with Crippen LogP contribution in [0.4, 0.5) is 0 Å². The molecule has 4 rings (SSSR count). The van der Waals surface area contributed by atoms with E-state index in [2.05, 4.69) is 10.0 Å². The van der Waals surface area contributed by atoms with Gasteiger partial charge in [-0.15, -0.1) is 0 Å². The smallest absolute Gasteiger partial charge is 0.241 e. The molecule has 0 fully saturated rings. The second-order valence-electron chi connectivity index (χ2n) is 7.67. The van der Waals surface area contributed by atoms with Gasteiger partial charge in [0, 0.05) is 6.54 Å². The first-order valence-corrected chi connectivity index (χ1v) is 12.4. The molecule has 1 amide bonds. The van der Waals surface area contributed by atoms with Crippen LogP contribution < -0.4 is 24.2 Å². The van der Waals surface area contributed by atoms with Gasteiger partial charge >= 0.3 is 0 Å². The monoisotopic (exact) mass is 482 g/mol. The van der Waals surface area contributed by atoms with Crippen molar-refractivity contribution < 1.29 is 27.4 Å². The number of hydrogen-bond acceptors (Lipinski definition) is 6. The Balaban J connectivity index is 1.49. The molecule has 9 heteroatoms. The number of fused-ring (bicyclic) bond motifs is 1. The summed E-state index contributed by atoms with van der Waals surface area (Å²) in [5.74, 6) is 1.41. The van der Waals surface area contributed by atoms with Crippen LogP contribution in [0.25, 0.3) is 0 Å². The lowest BCUT2D eigenvalue weighted by Gasteiger charge is -2.19. The van der Waals surface area contributed by atoms with Crippen molar-refractivity contribution in [2.75, 3.05) is 13.4 Å². The van der Waals surface area contributed by atoms with Crippen LogP contribution in [-0.2, 0) is 27.8 Å². The second-order valence-corrected chi connectivity index (χ2v) is 9.39. The predicted octanol–water partition coefficient (Wildman–Crippen LogP) is 3.02. The first kappa shape index (κ1) is 23.6. The van der Waals surface area contributed by atoms with E-state index in [-0.39, 0.29) is 24.7 Å². The third-order valence-electron chi connectivity index (χ3n) is 5.25. The number of sulfonamides is 1. The van der Waals surface area contributed by atoms with E-state index >= 15 is 0 Å². The lowest BCUT2D eigenvalue weighted by molar-refractivity contribution is -0.122. The van der Waals surface area contributed by atoms with Crippen LogP contribution in [0.2, 0.25) is 0 Å². The van der Waals surface area contributed by atoms with Crippen LogP contribution in [0.1, 0.15) is 18.1 Å². The van der Waals surface area contributed by atoms with Gasteiger partial charge in [0.05, 0.1) is 11.5 Å². The van der Waals surface area contributed by atoms with Crippen molar-refractivity contribution in [1.29, 1.82) is 0 Å². The van der Waals surface area contributed by atoms with Crippen LogP contribution in [0.5, 0.6) is 17.2 Å². The van der Waals surface area contributed by atoms with Crippen molar-refractivity contribution in [3.63, 3.8) is 0 Å². The summed E-state index contributed by atoms with van der Waals surface area (Å²) in [6.07, 6.45) is 0.198. The Labute approximate surface area is 198 Å². The quantitative estimate of drug-likeness (QED) is 0.461. The third kappa shape index (κ3) is 5.86. The van der Waals surface area contributed by atoms with Gasteiger partial charge in [-0.3, -0.25) is 4.79 Å². The number of rotatable bonds is 10. The van der Waals surface area contributed by atoms with Crippen LogP contribution in [0.15, 0.2) is 77.7 Å². The molecule has 0 aliphatic carbocycles. The van der Waals surface area contributed by atoms with E-state index < -0.39 is 22.0 Å². The third-order valence-corrected chi connectivity index (χ3v) is 6.73. The largest absolute Gasteiger partial charge is 0.494 e. The molecule has 34 heavy (non-hydrogen) atoms. The standard InChI is InChI=1S/C25H26N2O6S/c1-2-31-20-9-11-21(12-10-20)34(29,30)27-22(14-18-6-4-3-5-7-18)25(28)26-16-19-8-13-23-24(15-19)33-17-32-23/h3-13,15,22,27H,2,14,16-17H2,1H3,(H,26,28). The summed E-state index contributed by atoms with van der Waals surface area (Å²) in [6.45, 7) is 2.71. The van der Waals surface area contributed by atoms with E-state index in [1.165, 1.54) is 12.1 Å². The minimum absolute atomic E-state index is 0.0533. The van der Waals surface area contributed by atoms with Crippen molar-refractivity contribution in [3.05, 3.63) is 83.9 Å². The van der Waals surface area contributed by atoms with Crippen LogP contribution in [0, 0.1) is 0 Å². The Morgan fingerprint density at radius 3 is 2.44 bits per heavy atom. The summed E-state index contributed by atoms with van der Waals surface area (Å²) < 4.78 is 44.7. The van der Waals surface area contributed by atoms with Gasteiger partial charge in [-0.25, -0.2) is 8.42 Å². The molecule has 1 aliphatic heterocycles. The molecule has 1 heterocycles. The number of amides is 1. The molecule has 2 N–H and O–H groups in total. The Bertz CT molecular complexity index is 1230. The zero-order chi connectivity index (χ0) is 24.0. The molecule has 178 valence electrons. The van der Waals surface area contributed by atoms with Gasteiger partial charge in [-0.1, -0.05) is 36.4 Å². The Kier molecular flexibility index (Phi) is 7.34. The van der Waals surface area contributed by atoms with Gasteiger partial charge in [0.25, 0.3) is 0 Å². The molecule has 1 aliphatic rings. The molecule has 0 saturated carbocycles. The zero-order valence-corrected chi connectivity index (χ0v) is 19.5. The fourth-order valence-corrected chi connectivity index (χ4v) is 4.73. The summed E-state index contributed by atoms with van der Waals surface area (Å²) in [5, 5.41) is 2.83. The Morgan fingerprint density at radius 1 is 0.971 bits per heavy atom. The van der Waals surface area contributed by atoms with E-state index in [1.807, 2.05) is 43.3 Å². The fourth-order valence-electron chi connectivity index (χ4n) is 3.54.